The molecule has 0 saturated heterocycles. The first-order chi connectivity index (χ1) is 16.0. The van der Waals surface area contributed by atoms with Gasteiger partial charge in [-0.2, -0.15) is 0 Å². The van der Waals surface area contributed by atoms with Gasteiger partial charge in [-0.25, -0.2) is 0 Å². The van der Waals surface area contributed by atoms with Crippen LogP contribution >= 0.6 is 0 Å². The molecule has 0 aromatic carbocycles. The highest BCUT2D eigenvalue weighted by Crippen LogP contribution is 2.36. The SMILES string of the molecule is CCCCCCCCCCCCCCCC(C)C(C)(CCCCCCCCCCC)C(=O)[O-].[NH4+]. The minimum Gasteiger partial charge on any atom is -0.550 e. The van der Waals surface area contributed by atoms with Crippen LogP contribution in [0.3, 0.4) is 0 Å². The summed E-state index contributed by atoms with van der Waals surface area (Å²) in [5, 5.41) is 12.0. The quantitative estimate of drug-likeness (QED) is 0.124. The predicted octanol–water partition coefficient (Wildman–Crippen LogP) is 10.2. The fourth-order valence-corrected chi connectivity index (χ4v) is 5.14. The summed E-state index contributed by atoms with van der Waals surface area (Å²) in [7, 11) is 0. The van der Waals surface area contributed by atoms with Gasteiger partial charge in [-0.15, -0.1) is 0 Å². The van der Waals surface area contributed by atoms with E-state index in [0.29, 0.717) is 0 Å². The number of aliphatic carboxylic acids is 1. The van der Waals surface area contributed by atoms with Crippen molar-refractivity contribution in [2.24, 2.45) is 11.3 Å². The normalized spacial score (nSPS) is 13.9. The van der Waals surface area contributed by atoms with Crippen molar-refractivity contribution in [2.45, 2.75) is 182 Å². The summed E-state index contributed by atoms with van der Waals surface area (Å²) >= 11 is 0. The first-order valence-corrected chi connectivity index (χ1v) is 15.2. The molecule has 0 rings (SSSR count). The fraction of sp³-hybridized carbons (Fsp3) is 0.968. The van der Waals surface area contributed by atoms with Crippen molar-refractivity contribution in [3.8, 4) is 0 Å². The number of carboxylic acids is 1. The van der Waals surface area contributed by atoms with E-state index in [4.69, 9.17) is 0 Å². The van der Waals surface area contributed by atoms with Crippen LogP contribution < -0.4 is 11.3 Å². The second-order valence-corrected chi connectivity index (χ2v) is 11.2. The van der Waals surface area contributed by atoms with E-state index in [1.807, 2.05) is 6.92 Å². The molecule has 34 heavy (non-hydrogen) atoms. The lowest BCUT2D eigenvalue weighted by molar-refractivity contribution is -0.321. The molecule has 4 N–H and O–H groups in total. The van der Waals surface area contributed by atoms with Gasteiger partial charge in [0.1, 0.15) is 0 Å². The van der Waals surface area contributed by atoms with Crippen molar-refractivity contribution in [3.63, 3.8) is 0 Å². The molecule has 0 saturated carbocycles. The summed E-state index contributed by atoms with van der Waals surface area (Å²) in [6.45, 7) is 8.62. The number of quaternary nitrogens is 1. The van der Waals surface area contributed by atoms with E-state index in [-0.39, 0.29) is 12.1 Å². The zero-order valence-corrected chi connectivity index (χ0v) is 24.4. The average molecular weight is 484 g/mol. The molecular formula is C31H65NO2. The van der Waals surface area contributed by atoms with Gasteiger partial charge in [0.25, 0.3) is 0 Å². The van der Waals surface area contributed by atoms with Crippen LogP contribution in [-0.2, 0) is 4.79 Å². The summed E-state index contributed by atoms with van der Waals surface area (Å²) < 4.78 is 0. The van der Waals surface area contributed by atoms with Crippen molar-refractivity contribution >= 4 is 5.97 Å². The number of hydrogen-bond acceptors (Lipinski definition) is 2. The molecule has 0 radical (unpaired) electrons. The second kappa shape index (κ2) is 25.5. The van der Waals surface area contributed by atoms with Crippen LogP contribution in [0.25, 0.3) is 0 Å². The van der Waals surface area contributed by atoms with Crippen molar-refractivity contribution < 1.29 is 9.90 Å². The van der Waals surface area contributed by atoms with Gasteiger partial charge >= 0.3 is 0 Å². The maximum Gasteiger partial charge on any atom is 0.0476 e. The monoisotopic (exact) mass is 484 g/mol. The highest BCUT2D eigenvalue weighted by atomic mass is 16.4. The molecule has 3 heteroatoms. The van der Waals surface area contributed by atoms with E-state index >= 15 is 0 Å². The third-order valence-corrected chi connectivity index (χ3v) is 8.09. The van der Waals surface area contributed by atoms with Gasteiger partial charge in [0.15, 0.2) is 0 Å². The topological polar surface area (TPSA) is 76.6 Å². The fourth-order valence-electron chi connectivity index (χ4n) is 5.14. The molecule has 2 atom stereocenters. The molecule has 0 aromatic heterocycles. The summed E-state index contributed by atoms with van der Waals surface area (Å²) in [6, 6.07) is 0. The summed E-state index contributed by atoms with van der Waals surface area (Å²) in [6.07, 6.45) is 31.0. The van der Waals surface area contributed by atoms with E-state index in [0.717, 1.165) is 19.3 Å². The van der Waals surface area contributed by atoms with Crippen LogP contribution in [0.5, 0.6) is 0 Å². The Morgan fingerprint density at radius 2 is 0.882 bits per heavy atom. The van der Waals surface area contributed by atoms with Crippen molar-refractivity contribution in [2.75, 3.05) is 0 Å². The van der Waals surface area contributed by atoms with E-state index in [1.54, 1.807) is 0 Å². The van der Waals surface area contributed by atoms with Crippen LogP contribution in [0.1, 0.15) is 182 Å². The lowest BCUT2D eigenvalue weighted by Crippen LogP contribution is -2.44. The first-order valence-electron chi connectivity index (χ1n) is 15.2. The van der Waals surface area contributed by atoms with Crippen LogP contribution in [0.2, 0.25) is 0 Å². The van der Waals surface area contributed by atoms with Gasteiger partial charge in [0.2, 0.25) is 0 Å². The molecule has 0 aliphatic rings. The Balaban J connectivity index is 0. The van der Waals surface area contributed by atoms with Gasteiger partial charge in [-0.1, -0.05) is 169 Å². The second-order valence-electron chi connectivity index (χ2n) is 11.2. The summed E-state index contributed by atoms with van der Waals surface area (Å²) in [5.41, 5.74) is -0.655. The maximum atomic E-state index is 12.0. The molecule has 3 nitrogen and oxygen atoms in total. The molecular weight excluding hydrogens is 418 g/mol. The van der Waals surface area contributed by atoms with Gasteiger partial charge in [0, 0.05) is 11.4 Å². The number of unbranched alkanes of at least 4 members (excludes halogenated alkanes) is 20. The largest absolute Gasteiger partial charge is 0.550 e. The van der Waals surface area contributed by atoms with Crippen LogP contribution in [0.4, 0.5) is 0 Å². The van der Waals surface area contributed by atoms with Gasteiger partial charge in [-0.05, 0) is 18.8 Å². The molecule has 206 valence electrons. The molecule has 0 fully saturated rings. The molecule has 0 heterocycles. The number of carboxylic acid groups (broad SMARTS) is 1. The van der Waals surface area contributed by atoms with Gasteiger partial charge in [-0.3, -0.25) is 0 Å². The Labute approximate surface area is 215 Å². The Bertz CT molecular complexity index is 426. The first kappa shape index (κ1) is 35.6. The van der Waals surface area contributed by atoms with Crippen LogP contribution in [-0.4, -0.2) is 5.97 Å². The van der Waals surface area contributed by atoms with E-state index in [2.05, 4.69) is 20.8 Å². The number of rotatable bonds is 26. The van der Waals surface area contributed by atoms with Crippen molar-refractivity contribution in [1.29, 1.82) is 0 Å². The molecule has 2 unspecified atom stereocenters. The molecule has 0 aliphatic carbocycles. The number of carbonyl (C=O) groups excluding carboxylic acids is 1. The van der Waals surface area contributed by atoms with Crippen molar-refractivity contribution in [3.05, 3.63) is 0 Å². The summed E-state index contributed by atoms with van der Waals surface area (Å²) in [5.74, 6) is -0.617. The van der Waals surface area contributed by atoms with E-state index in [9.17, 15) is 9.90 Å². The zero-order chi connectivity index (χ0) is 24.6. The zero-order valence-electron chi connectivity index (χ0n) is 24.4. The maximum absolute atomic E-state index is 12.0. The predicted molar refractivity (Wildman–Crippen MR) is 150 cm³/mol. The third-order valence-electron chi connectivity index (χ3n) is 8.09. The van der Waals surface area contributed by atoms with Gasteiger partial charge < -0.3 is 16.1 Å². The standard InChI is InChI=1S/C31H62O2.H3N/c1-5-7-9-11-13-15-16-17-18-19-21-23-25-27-29(3)31(4,30(32)33)28-26-24-22-20-14-12-10-8-6-2;/h29H,5-28H2,1-4H3,(H,32,33);1H3. The minimum atomic E-state index is -0.829. The lowest BCUT2D eigenvalue weighted by atomic mass is 9.72. The number of hydrogen-bond donors (Lipinski definition) is 1. The highest BCUT2D eigenvalue weighted by Gasteiger charge is 2.31. The minimum absolute atomic E-state index is 0. The Morgan fingerprint density at radius 3 is 1.21 bits per heavy atom. The Kier molecular flexibility index (Phi) is 26.7. The Morgan fingerprint density at radius 1 is 0.588 bits per heavy atom. The lowest BCUT2D eigenvalue weighted by Gasteiger charge is -2.37. The van der Waals surface area contributed by atoms with Crippen LogP contribution in [0, 0.1) is 11.3 Å². The number of carbonyl (C=O) groups is 1. The Hall–Kier alpha value is -0.570. The van der Waals surface area contributed by atoms with E-state index < -0.39 is 11.4 Å². The summed E-state index contributed by atoms with van der Waals surface area (Å²) in [4.78, 5) is 12.0. The molecule has 0 amide bonds. The third kappa shape index (κ3) is 19.7. The van der Waals surface area contributed by atoms with E-state index in [1.165, 1.54) is 135 Å². The smallest absolute Gasteiger partial charge is 0.0476 e. The molecule has 0 bridgehead atoms. The average Bonchev–Trinajstić information content (AvgIpc) is 2.80. The van der Waals surface area contributed by atoms with Gasteiger partial charge in [0.05, 0.1) is 0 Å². The molecule has 0 aromatic rings. The van der Waals surface area contributed by atoms with Crippen molar-refractivity contribution in [1.82, 2.24) is 6.15 Å². The highest BCUT2D eigenvalue weighted by molar-refractivity contribution is 5.72. The molecule has 0 spiro atoms. The van der Waals surface area contributed by atoms with Crippen LogP contribution in [0.15, 0.2) is 0 Å². The molecule has 0 aliphatic heterocycles.